The van der Waals surface area contributed by atoms with Gasteiger partial charge >= 0.3 is 0 Å². The lowest BCUT2D eigenvalue weighted by Crippen LogP contribution is -2.27. The number of nitrogens with zero attached hydrogens (tertiary/aromatic N) is 3. The molecule has 1 heterocycles. The van der Waals surface area contributed by atoms with Crippen LogP contribution >= 0.6 is 0 Å². The molecule has 0 aromatic carbocycles. The van der Waals surface area contributed by atoms with Crippen LogP contribution in [-0.4, -0.2) is 29.7 Å². The van der Waals surface area contributed by atoms with Crippen LogP contribution in [0.5, 0.6) is 0 Å². The predicted octanol–water partition coefficient (Wildman–Crippen LogP) is 1.69. The van der Waals surface area contributed by atoms with E-state index in [1.54, 1.807) is 5.01 Å². The first-order valence-electron chi connectivity index (χ1n) is 4.89. The fourth-order valence-electron chi connectivity index (χ4n) is 1.22. The molecule has 0 aromatic rings. The van der Waals surface area contributed by atoms with Crippen LogP contribution in [0.1, 0.15) is 32.6 Å². The Hall–Kier alpha value is -1.00. The van der Waals surface area contributed by atoms with Crippen molar-refractivity contribution in [2.75, 3.05) is 19.7 Å². The summed E-state index contributed by atoms with van der Waals surface area (Å²) >= 11 is 0. The van der Waals surface area contributed by atoms with Gasteiger partial charge in [-0.05, 0) is 19.3 Å². The summed E-state index contributed by atoms with van der Waals surface area (Å²) in [5.41, 5.74) is 0. The molecule has 0 saturated carbocycles. The van der Waals surface area contributed by atoms with E-state index in [1.165, 1.54) is 0 Å². The normalized spacial score (nSPS) is 17.9. The lowest BCUT2D eigenvalue weighted by molar-refractivity contribution is -0.707. The van der Waals surface area contributed by atoms with Crippen LogP contribution < -0.4 is 0 Å². The first-order chi connectivity index (χ1) is 6.34. The third-order valence-electron chi connectivity index (χ3n) is 2.04. The van der Waals surface area contributed by atoms with Crippen LogP contribution in [0.2, 0.25) is 0 Å². The highest BCUT2D eigenvalue weighted by atomic mass is 16.7. The average molecular weight is 187 g/mol. The van der Waals surface area contributed by atoms with E-state index in [2.05, 4.69) is 12.2 Å². The standard InChI is InChI=1S/C8H17N3O2/c1-2-3-8-13-9-11(12)10-6-4-5-7-10/h2-8H2,1H3/b11-9-. The van der Waals surface area contributed by atoms with Crippen LogP contribution in [-0.2, 0) is 4.84 Å². The van der Waals surface area contributed by atoms with Crippen molar-refractivity contribution < 1.29 is 9.81 Å². The lowest BCUT2D eigenvalue weighted by Gasteiger charge is -2.09. The Kier molecular flexibility index (Phi) is 4.35. The van der Waals surface area contributed by atoms with Crippen molar-refractivity contribution in [3.05, 3.63) is 5.21 Å². The van der Waals surface area contributed by atoms with Crippen molar-refractivity contribution in [2.45, 2.75) is 32.6 Å². The van der Waals surface area contributed by atoms with E-state index < -0.39 is 0 Å². The summed E-state index contributed by atoms with van der Waals surface area (Å²) in [5.74, 6) is 0. The molecule has 5 heteroatoms. The summed E-state index contributed by atoms with van der Waals surface area (Å²) in [6.45, 7) is 4.19. The summed E-state index contributed by atoms with van der Waals surface area (Å²) in [7, 11) is 0. The van der Waals surface area contributed by atoms with E-state index in [0.29, 0.717) is 11.6 Å². The molecule has 1 saturated heterocycles. The molecule has 0 spiro atoms. The monoisotopic (exact) mass is 187 g/mol. The fraction of sp³-hybridized carbons (Fsp3) is 1.00. The Labute approximate surface area is 78.5 Å². The van der Waals surface area contributed by atoms with Crippen molar-refractivity contribution in [1.29, 1.82) is 0 Å². The molecule has 76 valence electrons. The van der Waals surface area contributed by atoms with Crippen LogP contribution in [0.15, 0.2) is 5.28 Å². The fourth-order valence-corrected chi connectivity index (χ4v) is 1.22. The van der Waals surface area contributed by atoms with E-state index in [9.17, 15) is 5.21 Å². The van der Waals surface area contributed by atoms with Gasteiger partial charge in [0, 0.05) is 0 Å². The van der Waals surface area contributed by atoms with E-state index in [4.69, 9.17) is 4.84 Å². The number of unbranched alkanes of at least 4 members (excludes halogenated alkanes) is 1. The van der Waals surface area contributed by atoms with E-state index in [1.807, 2.05) is 0 Å². The smallest absolute Gasteiger partial charge is 0.233 e. The quantitative estimate of drug-likeness (QED) is 0.285. The second kappa shape index (κ2) is 5.61. The highest BCUT2D eigenvalue weighted by Gasteiger charge is 2.18. The second-order valence-corrected chi connectivity index (χ2v) is 3.18. The van der Waals surface area contributed by atoms with Gasteiger partial charge in [0.25, 0.3) is 0 Å². The Bertz CT molecular complexity index is 167. The maximum absolute atomic E-state index is 11.2. The molecule has 0 unspecified atom stereocenters. The molecule has 0 bridgehead atoms. The van der Waals surface area contributed by atoms with Crippen LogP contribution in [0.3, 0.4) is 0 Å². The van der Waals surface area contributed by atoms with Gasteiger partial charge in [-0.25, -0.2) is 0 Å². The average Bonchev–Trinajstić information content (AvgIpc) is 2.65. The molecule has 1 aliphatic heterocycles. The molecule has 0 amide bonds. The highest BCUT2D eigenvalue weighted by molar-refractivity contribution is 4.55. The molecule has 1 aliphatic rings. The van der Waals surface area contributed by atoms with Gasteiger partial charge in [-0.1, -0.05) is 13.3 Å². The molecule has 0 atom stereocenters. The topological polar surface area (TPSA) is 50.9 Å². The molecular weight excluding hydrogens is 170 g/mol. The molecule has 5 nitrogen and oxygen atoms in total. The number of hydrogen-bond acceptors (Lipinski definition) is 3. The van der Waals surface area contributed by atoms with E-state index in [-0.39, 0.29) is 0 Å². The van der Waals surface area contributed by atoms with Gasteiger partial charge in [-0.3, -0.25) is 0 Å². The first kappa shape index (κ1) is 10.1. The highest BCUT2D eigenvalue weighted by Crippen LogP contribution is 2.07. The van der Waals surface area contributed by atoms with Crippen molar-refractivity contribution in [1.82, 2.24) is 5.01 Å². The predicted molar refractivity (Wildman–Crippen MR) is 47.7 cm³/mol. The first-order valence-corrected chi connectivity index (χ1v) is 4.89. The molecule has 13 heavy (non-hydrogen) atoms. The number of hydrogen-bond donors (Lipinski definition) is 0. The van der Waals surface area contributed by atoms with Crippen molar-refractivity contribution in [3.8, 4) is 0 Å². The van der Waals surface area contributed by atoms with Crippen LogP contribution in [0.25, 0.3) is 0 Å². The summed E-state index contributed by atoms with van der Waals surface area (Å²) in [6.07, 6.45) is 4.14. The molecule has 0 N–H and O–H groups in total. The van der Waals surface area contributed by atoms with Crippen LogP contribution in [0, 0.1) is 5.21 Å². The lowest BCUT2D eigenvalue weighted by atomic mass is 10.4. The minimum absolute atomic E-state index is 0.531. The molecule has 1 fully saturated rings. The van der Waals surface area contributed by atoms with Gasteiger partial charge in [0.05, 0.1) is 18.1 Å². The largest absolute Gasteiger partial charge is 0.569 e. The molecule has 0 aromatic heterocycles. The Morgan fingerprint density at radius 2 is 2.15 bits per heavy atom. The van der Waals surface area contributed by atoms with E-state index in [0.717, 1.165) is 38.8 Å². The molecule has 0 aliphatic carbocycles. The maximum atomic E-state index is 11.2. The second-order valence-electron chi connectivity index (χ2n) is 3.18. The van der Waals surface area contributed by atoms with E-state index >= 15 is 0 Å². The third-order valence-corrected chi connectivity index (χ3v) is 2.04. The van der Waals surface area contributed by atoms with Crippen molar-refractivity contribution in [2.24, 2.45) is 5.28 Å². The Morgan fingerprint density at radius 1 is 1.46 bits per heavy atom. The zero-order chi connectivity index (χ0) is 9.52. The van der Waals surface area contributed by atoms with Gasteiger partial charge in [0.2, 0.25) is 5.28 Å². The maximum Gasteiger partial charge on any atom is 0.233 e. The van der Waals surface area contributed by atoms with Crippen LogP contribution in [0.4, 0.5) is 0 Å². The summed E-state index contributed by atoms with van der Waals surface area (Å²) < 4.78 is 0. The minimum atomic E-state index is 0.531. The molecule has 0 radical (unpaired) electrons. The third kappa shape index (κ3) is 3.48. The van der Waals surface area contributed by atoms with Gasteiger partial charge in [-0.2, -0.15) is 0 Å². The Morgan fingerprint density at radius 3 is 2.77 bits per heavy atom. The van der Waals surface area contributed by atoms with Crippen molar-refractivity contribution >= 4 is 0 Å². The minimum Gasteiger partial charge on any atom is -0.569 e. The Balaban J connectivity index is 2.16. The summed E-state index contributed by atoms with van der Waals surface area (Å²) in [4.78, 5) is 5.42. The number of hydrazine groups is 1. The SMILES string of the molecule is CCCCO/N=[N+](\[O-])N1CCCC1. The summed E-state index contributed by atoms with van der Waals surface area (Å²) in [6, 6.07) is 0. The summed E-state index contributed by atoms with van der Waals surface area (Å²) in [5, 5.41) is 16.3. The zero-order valence-electron chi connectivity index (χ0n) is 8.11. The number of rotatable bonds is 5. The van der Waals surface area contributed by atoms with Gasteiger partial charge in [0.1, 0.15) is 6.61 Å². The van der Waals surface area contributed by atoms with Gasteiger partial charge in [0.15, 0.2) is 0 Å². The zero-order valence-corrected chi connectivity index (χ0v) is 8.11. The van der Waals surface area contributed by atoms with Gasteiger partial charge < -0.3 is 10.0 Å². The molecule has 1 rings (SSSR count). The van der Waals surface area contributed by atoms with Gasteiger partial charge in [-0.15, -0.1) is 5.01 Å². The van der Waals surface area contributed by atoms with Crippen molar-refractivity contribution in [3.63, 3.8) is 0 Å². The molecular formula is C8H17N3O2.